The van der Waals surface area contributed by atoms with E-state index in [2.05, 4.69) is 9.97 Å². The second kappa shape index (κ2) is 9.91. The molecular formula is C19H24N4O3S. The molecule has 0 spiro atoms. The van der Waals surface area contributed by atoms with E-state index in [1.807, 2.05) is 44.2 Å². The number of aromatic nitrogens is 2. The first kappa shape index (κ1) is 20.7. The summed E-state index contributed by atoms with van der Waals surface area (Å²) in [6.07, 6.45) is 1.95. The van der Waals surface area contributed by atoms with Gasteiger partial charge >= 0.3 is 5.97 Å². The van der Waals surface area contributed by atoms with Crippen LogP contribution < -0.4 is 10.6 Å². The summed E-state index contributed by atoms with van der Waals surface area (Å²) in [6, 6.07) is 9.52. The van der Waals surface area contributed by atoms with E-state index in [1.165, 1.54) is 18.0 Å². The van der Waals surface area contributed by atoms with Crippen LogP contribution in [0, 0.1) is 0 Å². The predicted octanol–water partition coefficient (Wildman–Crippen LogP) is 3.16. The summed E-state index contributed by atoms with van der Waals surface area (Å²) in [5.41, 5.74) is 6.84. The van der Waals surface area contributed by atoms with Crippen molar-refractivity contribution in [1.29, 1.82) is 0 Å². The minimum absolute atomic E-state index is 0.0205. The molecule has 1 heterocycles. The van der Waals surface area contributed by atoms with Gasteiger partial charge in [-0.15, -0.1) is 0 Å². The fraction of sp³-hybridized carbons (Fsp3) is 0.368. The second-order valence-corrected chi connectivity index (χ2v) is 6.77. The number of carbonyl (C=O) groups is 2. The van der Waals surface area contributed by atoms with Gasteiger partial charge in [0.05, 0.1) is 11.9 Å². The molecule has 144 valence electrons. The van der Waals surface area contributed by atoms with Gasteiger partial charge in [0.1, 0.15) is 11.4 Å². The molecule has 1 amide bonds. The van der Waals surface area contributed by atoms with Crippen LogP contribution in [0.3, 0.4) is 0 Å². The van der Waals surface area contributed by atoms with Crippen molar-refractivity contribution in [3.63, 3.8) is 0 Å². The van der Waals surface area contributed by atoms with Crippen LogP contribution in [0.25, 0.3) is 0 Å². The van der Waals surface area contributed by atoms with Gasteiger partial charge in [-0.1, -0.05) is 36.9 Å². The first-order chi connectivity index (χ1) is 13.0. The molecule has 0 radical (unpaired) electrons. The molecule has 0 saturated carbocycles. The summed E-state index contributed by atoms with van der Waals surface area (Å²) in [5.74, 6) is -0.535. The number of anilines is 2. The Morgan fingerprint density at radius 1 is 1.22 bits per heavy atom. The van der Waals surface area contributed by atoms with Crippen LogP contribution in [0.1, 0.15) is 37.6 Å². The number of hydrogen-bond acceptors (Lipinski definition) is 7. The lowest BCUT2D eigenvalue weighted by Gasteiger charge is -2.25. The fourth-order valence-corrected chi connectivity index (χ4v) is 3.40. The molecule has 8 heteroatoms. The van der Waals surface area contributed by atoms with Crippen molar-refractivity contribution in [2.75, 3.05) is 23.8 Å². The molecule has 1 aromatic carbocycles. The highest BCUT2D eigenvalue weighted by Crippen LogP contribution is 2.27. The summed E-state index contributed by atoms with van der Waals surface area (Å²) in [7, 11) is 0. The summed E-state index contributed by atoms with van der Waals surface area (Å²) in [6.45, 7) is 6.39. The maximum absolute atomic E-state index is 13.0. The van der Waals surface area contributed by atoms with E-state index in [0.29, 0.717) is 18.1 Å². The zero-order valence-electron chi connectivity index (χ0n) is 15.7. The molecule has 27 heavy (non-hydrogen) atoms. The first-order valence-corrected chi connectivity index (χ1v) is 9.72. The molecule has 0 unspecified atom stereocenters. The van der Waals surface area contributed by atoms with Crippen LogP contribution in [0.4, 0.5) is 11.5 Å². The Labute approximate surface area is 163 Å². The van der Waals surface area contributed by atoms with Crippen molar-refractivity contribution in [3.05, 3.63) is 42.1 Å². The molecule has 1 aromatic heterocycles. The van der Waals surface area contributed by atoms with E-state index < -0.39 is 5.97 Å². The SMILES string of the molecule is CCOC(=O)c1cnc(S[C@@H](CC)C(=O)N(CC)c2ccccc2)nc1N. The highest BCUT2D eigenvalue weighted by atomic mass is 32.2. The number of carbonyl (C=O) groups excluding carboxylic acids is 2. The Kier molecular flexibility index (Phi) is 7.60. The lowest BCUT2D eigenvalue weighted by molar-refractivity contribution is -0.118. The van der Waals surface area contributed by atoms with Crippen molar-refractivity contribution in [2.45, 2.75) is 37.6 Å². The third kappa shape index (κ3) is 5.19. The van der Waals surface area contributed by atoms with Gasteiger partial charge in [0.2, 0.25) is 5.91 Å². The molecule has 0 saturated heterocycles. The van der Waals surface area contributed by atoms with Gasteiger partial charge in [0.25, 0.3) is 0 Å². The van der Waals surface area contributed by atoms with Crippen LogP contribution in [0.15, 0.2) is 41.7 Å². The smallest absolute Gasteiger partial charge is 0.343 e. The second-order valence-electron chi connectivity index (χ2n) is 5.60. The number of para-hydroxylation sites is 1. The van der Waals surface area contributed by atoms with Gasteiger partial charge in [0, 0.05) is 18.4 Å². The number of amides is 1. The number of hydrogen-bond donors (Lipinski definition) is 1. The average Bonchev–Trinajstić information content (AvgIpc) is 2.67. The maximum atomic E-state index is 13.0. The van der Waals surface area contributed by atoms with Crippen LogP contribution in [-0.2, 0) is 9.53 Å². The Morgan fingerprint density at radius 3 is 2.48 bits per heavy atom. The number of esters is 1. The Hall–Kier alpha value is -2.61. The summed E-state index contributed by atoms with van der Waals surface area (Å²) in [5, 5.41) is -0.0112. The molecular weight excluding hydrogens is 364 g/mol. The number of thioether (sulfide) groups is 1. The van der Waals surface area contributed by atoms with E-state index in [9.17, 15) is 9.59 Å². The Bertz CT molecular complexity index is 786. The highest BCUT2D eigenvalue weighted by molar-refractivity contribution is 8.00. The van der Waals surface area contributed by atoms with Gasteiger partial charge in [-0.05, 0) is 32.4 Å². The van der Waals surface area contributed by atoms with Gasteiger partial charge in [-0.25, -0.2) is 14.8 Å². The molecule has 0 fully saturated rings. The number of rotatable bonds is 8. The number of nitrogen functional groups attached to an aromatic ring is 1. The molecule has 2 rings (SSSR count). The van der Waals surface area contributed by atoms with E-state index in [1.54, 1.807) is 11.8 Å². The minimum Gasteiger partial charge on any atom is -0.462 e. The molecule has 0 aliphatic carbocycles. The predicted molar refractivity (Wildman–Crippen MR) is 107 cm³/mol. The quantitative estimate of drug-likeness (QED) is 0.421. The maximum Gasteiger partial charge on any atom is 0.343 e. The number of ether oxygens (including phenoxy) is 1. The lowest BCUT2D eigenvalue weighted by Crippen LogP contribution is -2.37. The zero-order chi connectivity index (χ0) is 19.8. The fourth-order valence-electron chi connectivity index (χ4n) is 2.48. The molecule has 0 aliphatic heterocycles. The Balaban J connectivity index is 2.17. The van der Waals surface area contributed by atoms with Crippen molar-refractivity contribution < 1.29 is 14.3 Å². The van der Waals surface area contributed by atoms with Crippen molar-refractivity contribution >= 4 is 35.1 Å². The number of nitrogens with zero attached hydrogens (tertiary/aromatic N) is 3. The van der Waals surface area contributed by atoms with Crippen LogP contribution in [0.5, 0.6) is 0 Å². The summed E-state index contributed by atoms with van der Waals surface area (Å²) < 4.78 is 4.92. The standard InChI is InChI=1S/C19H24N4O3S/c1-4-15(17(24)23(5-2)13-10-8-7-9-11-13)27-19-21-12-14(16(20)22-19)18(25)26-6-3/h7-12,15H,4-6H2,1-3H3,(H2,20,21,22)/t15-/m0/s1. The van der Waals surface area contributed by atoms with Crippen LogP contribution >= 0.6 is 11.8 Å². The Morgan fingerprint density at radius 2 is 1.93 bits per heavy atom. The summed E-state index contributed by atoms with van der Waals surface area (Å²) >= 11 is 1.24. The van der Waals surface area contributed by atoms with Crippen molar-refractivity contribution in [1.82, 2.24) is 9.97 Å². The van der Waals surface area contributed by atoms with Crippen LogP contribution in [0.2, 0.25) is 0 Å². The third-order valence-corrected chi connectivity index (χ3v) is 5.06. The van der Waals surface area contributed by atoms with E-state index in [0.717, 1.165) is 5.69 Å². The molecule has 2 aromatic rings. The summed E-state index contributed by atoms with van der Waals surface area (Å²) in [4.78, 5) is 34.9. The number of nitrogens with two attached hydrogens (primary N) is 1. The van der Waals surface area contributed by atoms with E-state index in [-0.39, 0.29) is 29.1 Å². The van der Waals surface area contributed by atoms with Gasteiger partial charge in [-0.3, -0.25) is 4.79 Å². The minimum atomic E-state index is -0.559. The lowest BCUT2D eigenvalue weighted by atomic mass is 10.2. The van der Waals surface area contributed by atoms with E-state index >= 15 is 0 Å². The van der Waals surface area contributed by atoms with Gasteiger partial charge in [-0.2, -0.15) is 0 Å². The largest absolute Gasteiger partial charge is 0.462 e. The zero-order valence-corrected chi connectivity index (χ0v) is 16.5. The van der Waals surface area contributed by atoms with Crippen molar-refractivity contribution in [3.8, 4) is 0 Å². The van der Waals surface area contributed by atoms with Crippen molar-refractivity contribution in [2.24, 2.45) is 0 Å². The third-order valence-electron chi connectivity index (χ3n) is 3.84. The van der Waals surface area contributed by atoms with Gasteiger partial charge < -0.3 is 15.4 Å². The van der Waals surface area contributed by atoms with Crippen LogP contribution in [-0.4, -0.2) is 40.2 Å². The monoisotopic (exact) mass is 388 g/mol. The normalized spacial score (nSPS) is 11.7. The average molecular weight is 388 g/mol. The van der Waals surface area contributed by atoms with E-state index in [4.69, 9.17) is 10.5 Å². The molecule has 1 atom stereocenters. The first-order valence-electron chi connectivity index (χ1n) is 8.84. The molecule has 0 bridgehead atoms. The molecule has 0 aliphatic rings. The molecule has 7 nitrogen and oxygen atoms in total. The van der Waals surface area contributed by atoms with Gasteiger partial charge in [0.15, 0.2) is 5.16 Å². The molecule has 2 N–H and O–H groups in total. The number of benzene rings is 1. The highest BCUT2D eigenvalue weighted by Gasteiger charge is 2.25. The topological polar surface area (TPSA) is 98.4 Å².